The average Bonchev–Trinajstić information content (AvgIpc) is 2.27. The Morgan fingerprint density at radius 3 is 2.26 bits per heavy atom. The van der Waals surface area contributed by atoms with Gasteiger partial charge >= 0.3 is 21.5 Å². The van der Waals surface area contributed by atoms with E-state index in [4.69, 9.17) is 5.11 Å². The van der Waals surface area contributed by atoms with Crippen molar-refractivity contribution in [1.29, 1.82) is 0 Å². The summed E-state index contributed by atoms with van der Waals surface area (Å²) in [7, 11) is -5.38. The molecule has 0 amide bonds. The maximum absolute atomic E-state index is 12.5. The second kappa shape index (κ2) is 4.93. The highest BCUT2D eigenvalue weighted by Crippen LogP contribution is 2.37. The summed E-state index contributed by atoms with van der Waals surface area (Å²) < 4.78 is 60.3. The van der Waals surface area contributed by atoms with E-state index in [9.17, 15) is 26.4 Å². The SMILES string of the molecule is CC(C)(C(=O)O)C1CCCN(S(=O)(=O)C(F)(F)F)C1. The predicted molar refractivity (Wildman–Crippen MR) is 60.7 cm³/mol. The van der Waals surface area contributed by atoms with E-state index in [2.05, 4.69) is 0 Å². The molecule has 0 aromatic heterocycles. The average molecular weight is 303 g/mol. The van der Waals surface area contributed by atoms with Crippen LogP contribution in [0.3, 0.4) is 0 Å². The second-order valence-electron chi connectivity index (χ2n) is 5.17. The Balaban J connectivity index is 2.96. The molecule has 112 valence electrons. The van der Waals surface area contributed by atoms with Gasteiger partial charge in [-0.25, -0.2) is 8.42 Å². The van der Waals surface area contributed by atoms with Gasteiger partial charge in [0.1, 0.15) is 0 Å². The number of hydrogen-bond acceptors (Lipinski definition) is 3. The van der Waals surface area contributed by atoms with Gasteiger partial charge in [-0.3, -0.25) is 4.79 Å². The smallest absolute Gasteiger partial charge is 0.481 e. The van der Waals surface area contributed by atoms with Crippen molar-refractivity contribution in [3.63, 3.8) is 0 Å². The zero-order valence-corrected chi connectivity index (χ0v) is 11.4. The van der Waals surface area contributed by atoms with Crippen molar-refractivity contribution in [3.05, 3.63) is 0 Å². The van der Waals surface area contributed by atoms with Gasteiger partial charge in [-0.2, -0.15) is 17.5 Å². The molecule has 1 heterocycles. The number of hydrogen-bond donors (Lipinski definition) is 1. The molecule has 1 atom stereocenters. The van der Waals surface area contributed by atoms with Gasteiger partial charge in [0.05, 0.1) is 5.41 Å². The maximum atomic E-state index is 12.5. The van der Waals surface area contributed by atoms with Gasteiger partial charge < -0.3 is 5.11 Å². The van der Waals surface area contributed by atoms with E-state index in [1.807, 2.05) is 0 Å². The number of rotatable bonds is 3. The lowest BCUT2D eigenvalue weighted by Crippen LogP contribution is -2.50. The molecule has 9 heteroatoms. The zero-order chi connectivity index (χ0) is 15.1. The predicted octanol–water partition coefficient (Wildman–Crippen LogP) is 1.66. The molecule has 19 heavy (non-hydrogen) atoms. The van der Waals surface area contributed by atoms with Crippen LogP contribution >= 0.6 is 0 Å². The molecule has 1 aliphatic heterocycles. The van der Waals surface area contributed by atoms with Gasteiger partial charge in [-0.05, 0) is 32.6 Å². The number of alkyl halides is 3. The lowest BCUT2D eigenvalue weighted by Gasteiger charge is -2.38. The first-order valence-electron chi connectivity index (χ1n) is 5.70. The Morgan fingerprint density at radius 1 is 1.32 bits per heavy atom. The van der Waals surface area contributed by atoms with Crippen LogP contribution in [0.5, 0.6) is 0 Å². The van der Waals surface area contributed by atoms with Gasteiger partial charge in [0.15, 0.2) is 0 Å². The molecule has 0 aromatic carbocycles. The molecule has 1 N–H and O–H groups in total. The van der Waals surface area contributed by atoms with Crippen molar-refractivity contribution in [3.8, 4) is 0 Å². The van der Waals surface area contributed by atoms with Crippen LogP contribution in [0.2, 0.25) is 0 Å². The van der Waals surface area contributed by atoms with Gasteiger partial charge in [-0.15, -0.1) is 0 Å². The van der Waals surface area contributed by atoms with E-state index in [-0.39, 0.29) is 13.0 Å². The van der Waals surface area contributed by atoms with Gasteiger partial charge in [0.25, 0.3) is 0 Å². The Kier molecular flexibility index (Phi) is 4.21. The second-order valence-corrected chi connectivity index (χ2v) is 7.10. The molecular formula is C10H16F3NO4S. The fraction of sp³-hybridized carbons (Fsp3) is 0.900. The van der Waals surface area contributed by atoms with Crippen LogP contribution in [-0.2, 0) is 14.8 Å². The molecule has 1 unspecified atom stereocenters. The minimum Gasteiger partial charge on any atom is -0.481 e. The summed E-state index contributed by atoms with van der Waals surface area (Å²) >= 11 is 0. The van der Waals surface area contributed by atoms with Crippen LogP contribution in [0.4, 0.5) is 13.2 Å². The number of carboxylic acid groups (broad SMARTS) is 1. The highest BCUT2D eigenvalue weighted by Gasteiger charge is 2.52. The molecule has 0 radical (unpaired) electrons. The lowest BCUT2D eigenvalue weighted by molar-refractivity contribution is -0.151. The lowest BCUT2D eigenvalue weighted by atomic mass is 9.75. The standard InChI is InChI=1S/C10H16F3NO4S/c1-9(2,8(15)16)7-4-3-5-14(6-7)19(17,18)10(11,12)13/h7H,3-6H2,1-2H3,(H,15,16). The Morgan fingerprint density at radius 2 is 1.84 bits per heavy atom. The van der Waals surface area contributed by atoms with Crippen molar-refractivity contribution in [2.24, 2.45) is 11.3 Å². The van der Waals surface area contributed by atoms with Crippen molar-refractivity contribution in [2.75, 3.05) is 13.1 Å². The summed E-state index contributed by atoms with van der Waals surface area (Å²) in [5, 5.41) is 9.05. The van der Waals surface area contributed by atoms with E-state index in [1.54, 1.807) is 0 Å². The molecule has 1 rings (SSSR count). The molecular weight excluding hydrogens is 287 g/mol. The van der Waals surface area contributed by atoms with Crippen LogP contribution < -0.4 is 0 Å². The summed E-state index contributed by atoms with van der Waals surface area (Å²) in [6.07, 6.45) is 0.611. The molecule has 1 saturated heterocycles. The largest absolute Gasteiger partial charge is 0.511 e. The zero-order valence-electron chi connectivity index (χ0n) is 10.6. The van der Waals surface area contributed by atoms with Crippen LogP contribution in [0.15, 0.2) is 0 Å². The first-order chi connectivity index (χ1) is 8.40. The normalized spacial score (nSPS) is 23.3. The van der Waals surface area contributed by atoms with E-state index in [0.717, 1.165) is 0 Å². The summed E-state index contributed by atoms with van der Waals surface area (Å²) in [4.78, 5) is 11.1. The summed E-state index contributed by atoms with van der Waals surface area (Å²) in [6, 6.07) is 0. The maximum Gasteiger partial charge on any atom is 0.511 e. The number of carbonyl (C=O) groups is 1. The number of nitrogens with zero attached hydrogens (tertiary/aromatic N) is 1. The summed E-state index contributed by atoms with van der Waals surface area (Å²) in [5.41, 5.74) is -6.61. The third kappa shape index (κ3) is 3.02. The van der Waals surface area contributed by atoms with E-state index >= 15 is 0 Å². The van der Waals surface area contributed by atoms with Gasteiger partial charge in [-0.1, -0.05) is 0 Å². The van der Waals surface area contributed by atoms with E-state index in [1.165, 1.54) is 13.8 Å². The van der Waals surface area contributed by atoms with E-state index < -0.39 is 39.4 Å². The highest BCUT2D eigenvalue weighted by atomic mass is 32.2. The molecule has 1 aliphatic rings. The van der Waals surface area contributed by atoms with E-state index in [0.29, 0.717) is 10.7 Å². The molecule has 1 fully saturated rings. The Labute approximate surface area is 109 Å². The van der Waals surface area contributed by atoms with Crippen LogP contribution in [0.25, 0.3) is 0 Å². The number of carboxylic acids is 1. The topological polar surface area (TPSA) is 74.7 Å². The van der Waals surface area contributed by atoms with Crippen molar-refractivity contribution in [2.45, 2.75) is 32.2 Å². The Hall–Kier alpha value is -0.830. The minimum absolute atomic E-state index is 0.219. The summed E-state index contributed by atoms with van der Waals surface area (Å²) in [6.45, 7) is 2.14. The van der Waals surface area contributed by atoms with Gasteiger partial charge in [0, 0.05) is 13.1 Å². The number of aliphatic carboxylic acids is 1. The number of halogens is 3. The molecule has 0 aromatic rings. The first-order valence-corrected chi connectivity index (χ1v) is 7.14. The van der Waals surface area contributed by atoms with Gasteiger partial charge in [0.2, 0.25) is 0 Å². The number of sulfonamides is 1. The minimum atomic E-state index is -5.38. The van der Waals surface area contributed by atoms with Crippen molar-refractivity contribution in [1.82, 2.24) is 4.31 Å². The number of piperidine rings is 1. The third-order valence-corrected chi connectivity index (χ3v) is 5.18. The first kappa shape index (κ1) is 16.2. The molecule has 0 aliphatic carbocycles. The quantitative estimate of drug-likeness (QED) is 0.860. The molecule has 0 spiro atoms. The molecule has 0 saturated carbocycles. The van der Waals surface area contributed by atoms with Crippen LogP contribution in [0.1, 0.15) is 26.7 Å². The molecule has 0 bridgehead atoms. The fourth-order valence-corrected chi connectivity index (χ4v) is 3.11. The highest BCUT2D eigenvalue weighted by molar-refractivity contribution is 7.90. The van der Waals surface area contributed by atoms with Crippen molar-refractivity contribution < 1.29 is 31.5 Å². The van der Waals surface area contributed by atoms with Crippen LogP contribution in [0, 0.1) is 11.3 Å². The Bertz CT molecular complexity index is 458. The van der Waals surface area contributed by atoms with Crippen molar-refractivity contribution >= 4 is 16.0 Å². The molecule has 5 nitrogen and oxygen atoms in total. The fourth-order valence-electron chi connectivity index (χ4n) is 2.07. The monoisotopic (exact) mass is 303 g/mol. The summed E-state index contributed by atoms with van der Waals surface area (Å²) in [5.74, 6) is -1.79. The van der Waals surface area contributed by atoms with Crippen LogP contribution in [-0.4, -0.2) is 42.4 Å². The third-order valence-electron chi connectivity index (χ3n) is 3.59.